The predicted molar refractivity (Wildman–Crippen MR) is 103 cm³/mol. The van der Waals surface area contributed by atoms with E-state index in [4.69, 9.17) is 9.47 Å². The van der Waals surface area contributed by atoms with E-state index < -0.39 is 0 Å². The van der Waals surface area contributed by atoms with E-state index in [-0.39, 0.29) is 17.8 Å². The van der Waals surface area contributed by atoms with Gasteiger partial charge in [-0.15, -0.1) is 0 Å². The Hall–Kier alpha value is -1.50. The summed E-state index contributed by atoms with van der Waals surface area (Å²) in [6.07, 6.45) is 7.68. The Kier molecular flexibility index (Phi) is 4.49. The predicted octanol–water partition coefficient (Wildman–Crippen LogP) is 2.69. The zero-order valence-corrected chi connectivity index (χ0v) is 17.0. The molecule has 0 aromatic rings. The molecule has 2 saturated carbocycles. The highest BCUT2D eigenvalue weighted by Gasteiger charge is 2.54. The Morgan fingerprint density at radius 3 is 2.57 bits per heavy atom. The molecule has 156 valence electrons. The van der Waals surface area contributed by atoms with Gasteiger partial charge in [0, 0.05) is 51.6 Å². The van der Waals surface area contributed by atoms with Crippen molar-refractivity contribution in [2.75, 3.05) is 45.9 Å². The quantitative estimate of drug-likeness (QED) is 0.737. The van der Waals surface area contributed by atoms with Gasteiger partial charge in [-0.05, 0) is 50.4 Å². The normalized spacial score (nSPS) is 34.8. The summed E-state index contributed by atoms with van der Waals surface area (Å²) in [6.45, 7) is 7.73. The van der Waals surface area contributed by atoms with Gasteiger partial charge in [-0.1, -0.05) is 0 Å². The Balaban J connectivity index is 1.09. The summed E-state index contributed by atoms with van der Waals surface area (Å²) in [5.41, 5.74) is 0.0748. The molecule has 5 aliphatic rings. The number of amides is 2. The highest BCUT2D eigenvalue weighted by atomic mass is 16.6. The molecule has 0 N–H and O–H groups in total. The first-order valence-electron chi connectivity index (χ1n) is 11.1. The molecule has 3 saturated heterocycles. The molecule has 0 aromatic carbocycles. The van der Waals surface area contributed by atoms with E-state index in [1.54, 1.807) is 0 Å². The molecule has 7 heteroatoms. The van der Waals surface area contributed by atoms with Crippen molar-refractivity contribution in [2.24, 2.45) is 11.3 Å². The lowest BCUT2D eigenvalue weighted by Crippen LogP contribution is -2.57. The van der Waals surface area contributed by atoms with Gasteiger partial charge in [0.05, 0.1) is 13.2 Å². The second-order valence-electron chi connectivity index (χ2n) is 9.84. The van der Waals surface area contributed by atoms with Crippen molar-refractivity contribution in [1.82, 2.24) is 14.7 Å². The Labute approximate surface area is 167 Å². The Bertz CT molecular complexity index is 636. The van der Waals surface area contributed by atoms with Gasteiger partial charge in [-0.2, -0.15) is 0 Å². The smallest absolute Gasteiger partial charge is 0.410 e. The molecule has 0 unspecified atom stereocenters. The van der Waals surface area contributed by atoms with E-state index in [0.29, 0.717) is 18.1 Å². The van der Waals surface area contributed by atoms with E-state index in [0.717, 1.165) is 64.4 Å². The molecule has 0 radical (unpaired) electrons. The SMILES string of the molecule is CCOC(=O)N1CCC2(CC(N3CCC4(CC3)CN(CC3CC3)C(=O)O4)C2)C1. The molecular formula is C21H33N3O4. The van der Waals surface area contributed by atoms with Gasteiger partial charge in [0.1, 0.15) is 5.60 Å². The average molecular weight is 392 g/mol. The van der Waals surface area contributed by atoms with Crippen molar-refractivity contribution in [2.45, 2.75) is 63.5 Å². The summed E-state index contributed by atoms with van der Waals surface area (Å²) in [7, 11) is 0. The van der Waals surface area contributed by atoms with Crippen LogP contribution in [0.25, 0.3) is 0 Å². The van der Waals surface area contributed by atoms with Crippen molar-refractivity contribution in [3.63, 3.8) is 0 Å². The minimum absolute atomic E-state index is 0.0899. The van der Waals surface area contributed by atoms with Gasteiger partial charge in [0.2, 0.25) is 0 Å². The van der Waals surface area contributed by atoms with Gasteiger partial charge in [-0.3, -0.25) is 0 Å². The summed E-state index contributed by atoms with van der Waals surface area (Å²) in [6, 6.07) is 0.624. The number of rotatable bonds is 4. The molecule has 0 atom stereocenters. The monoisotopic (exact) mass is 391 g/mol. The molecular weight excluding hydrogens is 358 g/mol. The molecule has 2 spiro atoms. The third kappa shape index (κ3) is 3.36. The van der Waals surface area contributed by atoms with Crippen molar-refractivity contribution in [1.29, 1.82) is 0 Å². The van der Waals surface area contributed by atoms with Crippen molar-refractivity contribution in [3.05, 3.63) is 0 Å². The van der Waals surface area contributed by atoms with Gasteiger partial charge in [0.25, 0.3) is 0 Å². The molecule has 5 fully saturated rings. The molecule has 28 heavy (non-hydrogen) atoms. The highest BCUT2D eigenvalue weighted by Crippen LogP contribution is 2.51. The summed E-state index contributed by atoms with van der Waals surface area (Å²) < 4.78 is 11.0. The lowest BCUT2D eigenvalue weighted by molar-refractivity contribution is -0.0510. The molecule has 0 aromatic heterocycles. The van der Waals surface area contributed by atoms with Gasteiger partial charge in [-0.25, -0.2) is 9.59 Å². The van der Waals surface area contributed by atoms with Gasteiger partial charge < -0.3 is 24.2 Å². The minimum atomic E-state index is -0.238. The first-order valence-corrected chi connectivity index (χ1v) is 11.1. The largest absolute Gasteiger partial charge is 0.450 e. The molecule has 0 bridgehead atoms. The zero-order chi connectivity index (χ0) is 19.4. The van der Waals surface area contributed by atoms with Crippen molar-refractivity contribution >= 4 is 12.2 Å². The topological polar surface area (TPSA) is 62.3 Å². The third-order valence-electron chi connectivity index (χ3n) is 7.74. The molecule has 2 aliphatic carbocycles. The van der Waals surface area contributed by atoms with Crippen molar-refractivity contribution in [3.8, 4) is 0 Å². The first kappa shape index (κ1) is 18.5. The number of nitrogens with zero attached hydrogens (tertiary/aromatic N) is 3. The maximum atomic E-state index is 12.2. The highest BCUT2D eigenvalue weighted by molar-refractivity contribution is 5.71. The lowest BCUT2D eigenvalue weighted by atomic mass is 9.64. The second kappa shape index (κ2) is 6.78. The van der Waals surface area contributed by atoms with Crippen LogP contribution in [-0.4, -0.2) is 84.4 Å². The zero-order valence-electron chi connectivity index (χ0n) is 17.0. The lowest BCUT2D eigenvalue weighted by Gasteiger charge is -2.52. The summed E-state index contributed by atoms with van der Waals surface area (Å²) in [5, 5.41) is 0. The van der Waals surface area contributed by atoms with E-state index in [1.165, 1.54) is 25.7 Å². The van der Waals surface area contributed by atoms with Crippen molar-refractivity contribution < 1.29 is 19.1 Å². The Morgan fingerprint density at radius 2 is 1.89 bits per heavy atom. The van der Waals surface area contributed by atoms with Crippen LogP contribution in [0.1, 0.15) is 51.9 Å². The summed E-state index contributed by atoms with van der Waals surface area (Å²) >= 11 is 0. The molecule has 3 heterocycles. The number of likely N-dealkylation sites (tertiary alicyclic amines) is 2. The van der Waals surface area contributed by atoms with Crippen LogP contribution in [0.3, 0.4) is 0 Å². The number of hydrogen-bond acceptors (Lipinski definition) is 5. The van der Waals surface area contributed by atoms with Crippen LogP contribution in [0.2, 0.25) is 0 Å². The minimum Gasteiger partial charge on any atom is -0.450 e. The van der Waals surface area contributed by atoms with Crippen LogP contribution in [0.15, 0.2) is 0 Å². The molecule has 7 nitrogen and oxygen atoms in total. The van der Waals surface area contributed by atoms with E-state index in [1.807, 2.05) is 16.7 Å². The van der Waals surface area contributed by atoms with Crippen LogP contribution in [0, 0.1) is 11.3 Å². The van der Waals surface area contributed by atoms with Crippen LogP contribution in [0.4, 0.5) is 9.59 Å². The van der Waals surface area contributed by atoms with Crippen LogP contribution in [-0.2, 0) is 9.47 Å². The third-order valence-corrected chi connectivity index (χ3v) is 7.74. The second-order valence-corrected chi connectivity index (χ2v) is 9.84. The fraction of sp³-hybridized carbons (Fsp3) is 0.905. The standard InChI is InChI=1S/C21H33N3O4/c1-2-27-18(25)23-8-5-20(14-23)11-17(12-20)22-9-6-21(7-10-22)15-24(19(26)28-21)13-16-3-4-16/h16-17H,2-15H2,1H3. The molecule has 2 amide bonds. The number of carbonyl (C=O) groups is 2. The van der Waals surface area contributed by atoms with Gasteiger partial charge >= 0.3 is 12.2 Å². The summed E-state index contributed by atoms with van der Waals surface area (Å²) in [5.74, 6) is 0.717. The number of piperidine rings is 1. The van der Waals surface area contributed by atoms with E-state index >= 15 is 0 Å². The van der Waals surface area contributed by atoms with Crippen LogP contribution >= 0.6 is 0 Å². The average Bonchev–Trinajstić information content (AvgIpc) is 3.25. The van der Waals surface area contributed by atoms with Crippen LogP contribution < -0.4 is 0 Å². The molecule has 3 aliphatic heterocycles. The fourth-order valence-electron chi connectivity index (χ4n) is 5.84. The fourth-order valence-corrected chi connectivity index (χ4v) is 5.84. The summed E-state index contributed by atoms with van der Waals surface area (Å²) in [4.78, 5) is 30.7. The number of ether oxygens (including phenoxy) is 2. The Morgan fingerprint density at radius 1 is 1.14 bits per heavy atom. The molecule has 5 rings (SSSR count). The van der Waals surface area contributed by atoms with Gasteiger partial charge in [0.15, 0.2) is 0 Å². The van der Waals surface area contributed by atoms with E-state index in [9.17, 15) is 9.59 Å². The maximum absolute atomic E-state index is 12.2. The number of hydrogen-bond donors (Lipinski definition) is 0. The van der Waals surface area contributed by atoms with E-state index in [2.05, 4.69) is 4.90 Å². The van der Waals surface area contributed by atoms with Crippen LogP contribution in [0.5, 0.6) is 0 Å². The number of carbonyl (C=O) groups excluding carboxylic acids is 2. The first-order chi connectivity index (χ1) is 13.5. The maximum Gasteiger partial charge on any atom is 0.410 e.